The van der Waals surface area contributed by atoms with Crippen LogP contribution in [0.2, 0.25) is 0 Å². The molecule has 4 aromatic heterocycles. The fraction of sp³-hybridized carbons (Fsp3) is 0.158. The predicted octanol–water partition coefficient (Wildman–Crippen LogP) is 2.15. The molecular formula is C19H16FN7O3. The Morgan fingerprint density at radius 1 is 1.23 bits per heavy atom. The number of anilines is 2. The van der Waals surface area contributed by atoms with Gasteiger partial charge in [0, 0.05) is 19.3 Å². The summed E-state index contributed by atoms with van der Waals surface area (Å²) in [6.45, 7) is 1.80. The highest BCUT2D eigenvalue weighted by atomic mass is 19.1. The van der Waals surface area contributed by atoms with Gasteiger partial charge in [0.25, 0.3) is 5.91 Å². The molecule has 4 heterocycles. The highest BCUT2D eigenvalue weighted by Gasteiger charge is 2.30. The van der Waals surface area contributed by atoms with E-state index in [9.17, 15) is 14.0 Å². The molecule has 0 saturated heterocycles. The number of hydrogen-bond acceptors (Lipinski definition) is 7. The zero-order chi connectivity index (χ0) is 21.3. The smallest absolute Gasteiger partial charge is 0.342 e. The van der Waals surface area contributed by atoms with E-state index in [0.29, 0.717) is 11.3 Å². The molecule has 0 spiro atoms. The number of fused-ring (bicyclic) bond motifs is 1. The molecule has 11 heteroatoms. The van der Waals surface area contributed by atoms with Crippen LogP contribution in [0.25, 0.3) is 5.65 Å². The first kappa shape index (κ1) is 19.2. The lowest BCUT2D eigenvalue weighted by atomic mass is 10.2. The molecule has 30 heavy (non-hydrogen) atoms. The zero-order valence-electron chi connectivity index (χ0n) is 16.1. The van der Waals surface area contributed by atoms with E-state index in [1.807, 2.05) is 0 Å². The quantitative estimate of drug-likeness (QED) is 0.367. The average Bonchev–Trinajstić information content (AvgIpc) is 3.34. The summed E-state index contributed by atoms with van der Waals surface area (Å²) in [5.41, 5.74) is 0.794. The summed E-state index contributed by atoms with van der Waals surface area (Å²) in [5, 5.41) is 8.04. The van der Waals surface area contributed by atoms with E-state index in [4.69, 9.17) is 4.74 Å². The Bertz CT molecular complexity index is 1250. The third kappa shape index (κ3) is 3.36. The van der Waals surface area contributed by atoms with E-state index in [1.165, 1.54) is 51.9 Å². The second-order valence-electron chi connectivity index (χ2n) is 6.16. The maximum absolute atomic E-state index is 13.9. The number of esters is 1. The van der Waals surface area contributed by atoms with Crippen molar-refractivity contribution in [2.75, 3.05) is 11.5 Å². The van der Waals surface area contributed by atoms with Crippen LogP contribution in [0.5, 0.6) is 0 Å². The molecule has 0 saturated carbocycles. The Hall–Kier alpha value is -4.15. The number of pyridine rings is 2. The summed E-state index contributed by atoms with van der Waals surface area (Å²) in [5.74, 6) is -2.06. The number of amides is 1. The number of rotatable bonds is 5. The number of carbonyl (C=O) groups excluding carboxylic acids is 2. The molecule has 0 aliphatic rings. The van der Waals surface area contributed by atoms with E-state index in [2.05, 4.69) is 20.2 Å². The Labute approximate surface area is 169 Å². The van der Waals surface area contributed by atoms with Crippen LogP contribution in [-0.2, 0) is 11.8 Å². The molecule has 152 valence electrons. The number of aromatic nitrogens is 6. The molecule has 0 aliphatic heterocycles. The highest BCUT2D eigenvalue weighted by Crippen LogP contribution is 2.28. The summed E-state index contributed by atoms with van der Waals surface area (Å²) in [6, 6.07) is 7.28. The maximum atomic E-state index is 13.9. The molecule has 0 fully saturated rings. The van der Waals surface area contributed by atoms with Gasteiger partial charge in [0.05, 0.1) is 18.5 Å². The van der Waals surface area contributed by atoms with Crippen LogP contribution >= 0.6 is 0 Å². The van der Waals surface area contributed by atoms with Crippen molar-refractivity contribution in [3.05, 3.63) is 66.3 Å². The minimum atomic E-state index is -0.760. The molecule has 0 unspecified atom stereocenters. The van der Waals surface area contributed by atoms with E-state index < -0.39 is 17.8 Å². The summed E-state index contributed by atoms with van der Waals surface area (Å²) in [4.78, 5) is 35.1. The van der Waals surface area contributed by atoms with Gasteiger partial charge in [0.15, 0.2) is 5.65 Å². The minimum absolute atomic E-state index is 0.00527. The molecular weight excluding hydrogens is 393 g/mol. The Morgan fingerprint density at radius 3 is 2.83 bits per heavy atom. The van der Waals surface area contributed by atoms with E-state index in [-0.39, 0.29) is 23.7 Å². The second-order valence-corrected chi connectivity index (χ2v) is 6.16. The SMILES string of the molecule is CCOC(=O)c1cnn(C)c1C(=O)N(c1ccn2ncnc2c1)c1cccc(F)n1. The van der Waals surface area contributed by atoms with Crippen LogP contribution in [0.1, 0.15) is 27.8 Å². The van der Waals surface area contributed by atoms with Gasteiger partial charge in [0.2, 0.25) is 5.95 Å². The molecule has 0 aromatic carbocycles. The van der Waals surface area contributed by atoms with Gasteiger partial charge in [-0.2, -0.15) is 14.6 Å². The van der Waals surface area contributed by atoms with Crippen molar-refractivity contribution >= 4 is 29.0 Å². The number of halogens is 1. The lowest BCUT2D eigenvalue weighted by Gasteiger charge is -2.22. The van der Waals surface area contributed by atoms with Crippen molar-refractivity contribution in [3.8, 4) is 0 Å². The molecule has 0 aliphatic carbocycles. The van der Waals surface area contributed by atoms with Crippen LogP contribution in [0.4, 0.5) is 15.9 Å². The molecule has 4 aromatic rings. The first-order valence-corrected chi connectivity index (χ1v) is 8.95. The number of carbonyl (C=O) groups is 2. The molecule has 0 bridgehead atoms. The Kier molecular flexibility index (Phi) is 4.92. The van der Waals surface area contributed by atoms with Gasteiger partial charge < -0.3 is 4.74 Å². The van der Waals surface area contributed by atoms with Gasteiger partial charge >= 0.3 is 5.97 Å². The van der Waals surface area contributed by atoms with Crippen molar-refractivity contribution < 1.29 is 18.7 Å². The molecule has 0 atom stereocenters. The van der Waals surface area contributed by atoms with Crippen molar-refractivity contribution in [1.29, 1.82) is 0 Å². The van der Waals surface area contributed by atoms with Crippen molar-refractivity contribution in [2.45, 2.75) is 6.92 Å². The van der Waals surface area contributed by atoms with Crippen molar-refractivity contribution in [3.63, 3.8) is 0 Å². The Morgan fingerprint density at radius 2 is 2.07 bits per heavy atom. The zero-order valence-corrected chi connectivity index (χ0v) is 16.1. The monoisotopic (exact) mass is 409 g/mol. The van der Waals surface area contributed by atoms with Crippen LogP contribution in [0, 0.1) is 5.95 Å². The summed E-state index contributed by atoms with van der Waals surface area (Å²) in [7, 11) is 1.52. The van der Waals surface area contributed by atoms with Gasteiger partial charge in [0.1, 0.15) is 23.4 Å². The van der Waals surface area contributed by atoms with Gasteiger partial charge in [-0.05, 0) is 25.1 Å². The normalized spacial score (nSPS) is 10.9. The maximum Gasteiger partial charge on any atom is 0.342 e. The molecule has 4 rings (SSSR count). The molecule has 10 nitrogen and oxygen atoms in total. The van der Waals surface area contributed by atoms with Gasteiger partial charge in [-0.1, -0.05) is 6.07 Å². The molecule has 0 N–H and O–H groups in total. The number of aryl methyl sites for hydroxylation is 1. The van der Waals surface area contributed by atoms with Crippen LogP contribution in [0.3, 0.4) is 0 Å². The first-order valence-electron chi connectivity index (χ1n) is 8.95. The average molecular weight is 409 g/mol. The van der Waals surface area contributed by atoms with Crippen molar-refractivity contribution in [2.24, 2.45) is 7.05 Å². The van der Waals surface area contributed by atoms with E-state index in [1.54, 1.807) is 25.3 Å². The summed E-state index contributed by atoms with van der Waals surface area (Å²) < 4.78 is 21.7. The largest absolute Gasteiger partial charge is 0.462 e. The van der Waals surface area contributed by atoms with E-state index in [0.717, 1.165) is 0 Å². The van der Waals surface area contributed by atoms with Gasteiger partial charge in [-0.25, -0.2) is 19.3 Å². The lowest BCUT2D eigenvalue weighted by Crippen LogP contribution is -2.30. The first-order chi connectivity index (χ1) is 14.5. The van der Waals surface area contributed by atoms with Gasteiger partial charge in [-0.3, -0.25) is 14.4 Å². The number of nitrogens with zero attached hydrogens (tertiary/aromatic N) is 7. The van der Waals surface area contributed by atoms with Crippen LogP contribution in [0.15, 0.2) is 49.1 Å². The minimum Gasteiger partial charge on any atom is -0.462 e. The lowest BCUT2D eigenvalue weighted by molar-refractivity contribution is 0.0523. The standard InChI is InChI=1S/C19H16FN7O3/c1-3-30-19(29)13-10-22-25(2)17(13)18(28)27(15-6-4-5-14(20)24-15)12-7-8-26-16(9-12)21-11-23-26/h4-11H,3H2,1-2H3. The highest BCUT2D eigenvalue weighted by molar-refractivity contribution is 6.14. The van der Waals surface area contributed by atoms with Crippen LogP contribution < -0.4 is 4.90 Å². The van der Waals surface area contributed by atoms with E-state index >= 15 is 0 Å². The third-order valence-corrected chi connectivity index (χ3v) is 4.29. The van der Waals surface area contributed by atoms with Crippen molar-refractivity contribution in [1.82, 2.24) is 29.4 Å². The fourth-order valence-corrected chi connectivity index (χ4v) is 2.97. The summed E-state index contributed by atoms with van der Waals surface area (Å²) in [6.07, 6.45) is 4.22. The van der Waals surface area contributed by atoms with Crippen LogP contribution in [-0.4, -0.2) is 47.8 Å². The number of hydrogen-bond donors (Lipinski definition) is 0. The third-order valence-electron chi connectivity index (χ3n) is 4.29. The summed E-state index contributed by atoms with van der Waals surface area (Å²) >= 11 is 0. The second kappa shape index (κ2) is 7.70. The molecule has 1 amide bonds. The number of ether oxygens (including phenoxy) is 1. The predicted molar refractivity (Wildman–Crippen MR) is 103 cm³/mol. The topological polar surface area (TPSA) is 108 Å². The molecule has 0 radical (unpaired) electrons. The van der Waals surface area contributed by atoms with Gasteiger partial charge in [-0.15, -0.1) is 0 Å². The fourth-order valence-electron chi connectivity index (χ4n) is 2.97. The Balaban J connectivity index is 1.87.